The summed E-state index contributed by atoms with van der Waals surface area (Å²) in [5.74, 6) is 0.110. The van der Waals surface area contributed by atoms with Gasteiger partial charge in [0.1, 0.15) is 0 Å². The van der Waals surface area contributed by atoms with Crippen LogP contribution in [0.15, 0.2) is 27.6 Å². The van der Waals surface area contributed by atoms with Crippen LogP contribution in [-0.4, -0.2) is 17.3 Å². The largest absolute Gasteiger partial charge is 0.409 e. The van der Waals surface area contributed by atoms with Crippen LogP contribution in [-0.2, 0) is 0 Å². The smallest absolute Gasteiger partial charge is 0.162 e. The lowest BCUT2D eigenvalue weighted by Gasteiger charge is -1.86. The van der Waals surface area contributed by atoms with Crippen molar-refractivity contribution < 1.29 is 5.21 Å². The fourth-order valence-corrected chi connectivity index (χ4v) is 2.20. The van der Waals surface area contributed by atoms with Crippen LogP contribution >= 0.6 is 23.1 Å². The predicted molar refractivity (Wildman–Crippen MR) is 58.5 cm³/mol. The van der Waals surface area contributed by atoms with Crippen molar-refractivity contribution in [2.75, 3.05) is 6.26 Å². The highest BCUT2D eigenvalue weighted by Gasteiger charge is 1.94. The maximum absolute atomic E-state index is 8.28. The van der Waals surface area contributed by atoms with E-state index in [0.717, 1.165) is 4.88 Å². The molecule has 1 aromatic heterocycles. The number of amidine groups is 1. The molecular weight excluding hydrogens is 204 g/mol. The lowest BCUT2D eigenvalue weighted by atomic mass is 10.4. The first-order valence-corrected chi connectivity index (χ1v) is 5.60. The summed E-state index contributed by atoms with van der Waals surface area (Å²) < 4.78 is 1.25. The Morgan fingerprint density at radius 2 is 2.46 bits per heavy atom. The van der Waals surface area contributed by atoms with Gasteiger partial charge in [0.05, 0.1) is 4.21 Å². The highest BCUT2D eigenvalue weighted by molar-refractivity contribution is 8.00. The van der Waals surface area contributed by atoms with Crippen molar-refractivity contribution in [1.29, 1.82) is 0 Å². The second-order valence-corrected chi connectivity index (χ2v) is 4.44. The standard InChI is InChI=1S/C8H10N2OS2/c1-12-8-5-3-6(13-8)2-4-7(9)10-11/h2-5,11H,1H3,(H2,9,10)/b4-2+. The lowest BCUT2D eigenvalue weighted by Crippen LogP contribution is -2.06. The summed E-state index contributed by atoms with van der Waals surface area (Å²) >= 11 is 3.37. The first kappa shape index (κ1) is 10.1. The van der Waals surface area contributed by atoms with Gasteiger partial charge in [-0.1, -0.05) is 5.16 Å². The van der Waals surface area contributed by atoms with E-state index in [1.165, 1.54) is 4.21 Å². The Morgan fingerprint density at radius 1 is 1.69 bits per heavy atom. The second-order valence-electron chi connectivity index (χ2n) is 2.22. The number of thioether (sulfide) groups is 1. The number of nitrogens with two attached hydrogens (primary N) is 1. The van der Waals surface area contributed by atoms with E-state index in [4.69, 9.17) is 10.9 Å². The van der Waals surface area contributed by atoms with Crippen molar-refractivity contribution in [3.8, 4) is 0 Å². The Balaban J connectivity index is 2.69. The minimum absolute atomic E-state index is 0.110. The van der Waals surface area contributed by atoms with Crippen molar-refractivity contribution in [3.05, 3.63) is 23.1 Å². The summed E-state index contributed by atoms with van der Waals surface area (Å²) in [6, 6.07) is 4.04. The maximum Gasteiger partial charge on any atom is 0.162 e. The molecule has 1 heterocycles. The van der Waals surface area contributed by atoms with Gasteiger partial charge >= 0.3 is 0 Å². The summed E-state index contributed by atoms with van der Waals surface area (Å²) in [5, 5.41) is 11.1. The summed E-state index contributed by atoms with van der Waals surface area (Å²) in [7, 11) is 0. The molecule has 0 amide bonds. The number of hydrogen-bond acceptors (Lipinski definition) is 4. The van der Waals surface area contributed by atoms with E-state index in [2.05, 4.69) is 5.16 Å². The molecule has 0 saturated carbocycles. The van der Waals surface area contributed by atoms with Gasteiger partial charge in [0.2, 0.25) is 0 Å². The molecule has 0 aromatic carbocycles. The molecule has 0 fully saturated rings. The zero-order valence-electron chi connectivity index (χ0n) is 7.10. The molecule has 0 spiro atoms. The monoisotopic (exact) mass is 214 g/mol. The number of nitrogens with zero attached hydrogens (tertiary/aromatic N) is 1. The van der Waals surface area contributed by atoms with Gasteiger partial charge in [-0.05, 0) is 30.5 Å². The summed E-state index contributed by atoms with van der Waals surface area (Å²) in [5.41, 5.74) is 5.27. The maximum atomic E-state index is 8.28. The molecule has 0 aliphatic carbocycles. The Kier molecular flexibility index (Phi) is 3.85. The van der Waals surface area contributed by atoms with Crippen LogP contribution < -0.4 is 5.73 Å². The van der Waals surface area contributed by atoms with E-state index >= 15 is 0 Å². The Morgan fingerprint density at radius 3 is 3.00 bits per heavy atom. The first-order valence-electron chi connectivity index (χ1n) is 3.55. The number of rotatable bonds is 3. The fraction of sp³-hybridized carbons (Fsp3) is 0.125. The van der Waals surface area contributed by atoms with E-state index in [1.807, 2.05) is 24.5 Å². The van der Waals surface area contributed by atoms with Crippen LogP contribution in [0, 0.1) is 0 Å². The van der Waals surface area contributed by atoms with Crippen molar-refractivity contribution in [1.82, 2.24) is 0 Å². The van der Waals surface area contributed by atoms with Gasteiger partial charge < -0.3 is 10.9 Å². The molecule has 0 aliphatic heterocycles. The number of hydrogen-bond donors (Lipinski definition) is 2. The van der Waals surface area contributed by atoms with E-state index in [0.29, 0.717) is 0 Å². The van der Waals surface area contributed by atoms with Crippen LogP contribution in [0.4, 0.5) is 0 Å². The summed E-state index contributed by atoms with van der Waals surface area (Å²) in [4.78, 5) is 1.09. The van der Waals surface area contributed by atoms with Crippen molar-refractivity contribution in [2.45, 2.75) is 4.21 Å². The zero-order valence-corrected chi connectivity index (χ0v) is 8.73. The van der Waals surface area contributed by atoms with Crippen LogP contribution in [0.1, 0.15) is 4.88 Å². The van der Waals surface area contributed by atoms with Gasteiger partial charge in [-0.2, -0.15) is 0 Å². The van der Waals surface area contributed by atoms with Crippen LogP contribution in [0.2, 0.25) is 0 Å². The van der Waals surface area contributed by atoms with E-state index in [9.17, 15) is 0 Å². The SMILES string of the molecule is CSc1ccc(/C=C/C(N)=N/O)s1. The molecule has 0 atom stereocenters. The van der Waals surface area contributed by atoms with Gasteiger partial charge in [-0.25, -0.2) is 0 Å². The van der Waals surface area contributed by atoms with Gasteiger partial charge in [-0.3, -0.25) is 0 Å². The first-order chi connectivity index (χ1) is 6.26. The average molecular weight is 214 g/mol. The Hall–Kier alpha value is -0.940. The molecule has 13 heavy (non-hydrogen) atoms. The van der Waals surface area contributed by atoms with Gasteiger partial charge in [0.15, 0.2) is 5.84 Å². The predicted octanol–water partition coefficient (Wildman–Crippen LogP) is 2.23. The topological polar surface area (TPSA) is 58.6 Å². The Bertz CT molecular complexity index is 331. The van der Waals surface area contributed by atoms with Crippen molar-refractivity contribution in [3.63, 3.8) is 0 Å². The highest BCUT2D eigenvalue weighted by atomic mass is 32.2. The summed E-state index contributed by atoms with van der Waals surface area (Å²) in [6.07, 6.45) is 5.41. The molecule has 1 rings (SSSR count). The lowest BCUT2D eigenvalue weighted by molar-refractivity contribution is 0.319. The molecule has 0 radical (unpaired) electrons. The van der Waals surface area contributed by atoms with Crippen LogP contribution in [0.3, 0.4) is 0 Å². The van der Waals surface area contributed by atoms with Crippen molar-refractivity contribution in [2.24, 2.45) is 10.9 Å². The third-order valence-electron chi connectivity index (χ3n) is 1.34. The van der Waals surface area contributed by atoms with Gasteiger partial charge in [-0.15, -0.1) is 23.1 Å². The minimum atomic E-state index is 0.110. The molecular formula is C8H10N2OS2. The second kappa shape index (κ2) is 4.94. The number of oxime groups is 1. The average Bonchev–Trinajstić information content (AvgIpc) is 2.61. The third kappa shape index (κ3) is 3.12. The molecule has 0 unspecified atom stereocenters. The quantitative estimate of drug-likeness (QED) is 0.267. The Labute approximate surface area is 84.9 Å². The highest BCUT2D eigenvalue weighted by Crippen LogP contribution is 2.25. The van der Waals surface area contributed by atoms with E-state index < -0.39 is 0 Å². The number of thiophene rings is 1. The van der Waals surface area contributed by atoms with Crippen LogP contribution in [0.5, 0.6) is 0 Å². The molecule has 0 aliphatic rings. The van der Waals surface area contributed by atoms with Gasteiger partial charge in [0, 0.05) is 4.88 Å². The third-order valence-corrected chi connectivity index (χ3v) is 3.47. The molecule has 0 saturated heterocycles. The molecule has 1 aromatic rings. The molecule has 3 N–H and O–H groups in total. The fourth-order valence-electron chi connectivity index (χ4n) is 0.735. The molecule has 0 bridgehead atoms. The molecule has 70 valence electrons. The van der Waals surface area contributed by atoms with Gasteiger partial charge in [0.25, 0.3) is 0 Å². The normalized spacial score (nSPS) is 12.5. The van der Waals surface area contributed by atoms with E-state index in [1.54, 1.807) is 29.2 Å². The van der Waals surface area contributed by atoms with Crippen LogP contribution in [0.25, 0.3) is 6.08 Å². The van der Waals surface area contributed by atoms with Crippen molar-refractivity contribution >= 4 is 35.0 Å². The van der Waals surface area contributed by atoms with E-state index in [-0.39, 0.29) is 5.84 Å². The minimum Gasteiger partial charge on any atom is -0.409 e. The summed E-state index contributed by atoms with van der Waals surface area (Å²) in [6.45, 7) is 0. The molecule has 3 nitrogen and oxygen atoms in total. The zero-order chi connectivity index (χ0) is 9.68. The molecule has 5 heteroatoms.